The first-order valence-electron chi connectivity index (χ1n) is 10.5. The molecule has 0 aromatic heterocycles. The number of aliphatic hydroxyl groups is 1. The maximum atomic E-state index is 11.1. The van der Waals surface area contributed by atoms with Crippen LogP contribution >= 0.6 is 0 Å². The molecule has 0 bridgehead atoms. The molecule has 6 unspecified atom stereocenters. The summed E-state index contributed by atoms with van der Waals surface area (Å²) in [4.78, 5) is 0. The fourth-order valence-electron chi connectivity index (χ4n) is 7.76. The van der Waals surface area contributed by atoms with E-state index in [1.807, 2.05) is 0 Å². The van der Waals surface area contributed by atoms with E-state index in [9.17, 15) is 10.4 Å². The summed E-state index contributed by atoms with van der Waals surface area (Å²) in [6.07, 6.45) is 10.0. The molecule has 0 radical (unpaired) electrons. The zero-order chi connectivity index (χ0) is 17.1. The molecule has 4 rings (SSSR count). The van der Waals surface area contributed by atoms with Gasteiger partial charge in [-0.1, -0.05) is 27.2 Å². The first kappa shape index (κ1) is 16.9. The average molecular weight is 330 g/mol. The molecule has 0 aromatic carbocycles. The lowest BCUT2D eigenvalue weighted by Crippen LogP contribution is -2.50. The SMILES string of the molecule is CC(C)[C@H]1CC2C3CCC4C(C#N)CCCC4C3CC[C@]2(C)[C@H]1O. The van der Waals surface area contributed by atoms with E-state index < -0.39 is 0 Å². The van der Waals surface area contributed by atoms with E-state index >= 15 is 0 Å². The van der Waals surface area contributed by atoms with E-state index in [-0.39, 0.29) is 11.5 Å². The summed E-state index contributed by atoms with van der Waals surface area (Å²) >= 11 is 0. The van der Waals surface area contributed by atoms with Crippen LogP contribution in [0.5, 0.6) is 0 Å². The van der Waals surface area contributed by atoms with Crippen molar-refractivity contribution in [3.8, 4) is 6.07 Å². The maximum absolute atomic E-state index is 11.1. The first-order chi connectivity index (χ1) is 11.5. The number of hydrogen-bond donors (Lipinski definition) is 1. The summed E-state index contributed by atoms with van der Waals surface area (Å²) in [7, 11) is 0. The van der Waals surface area contributed by atoms with Gasteiger partial charge in [0.05, 0.1) is 12.2 Å². The fraction of sp³-hybridized carbons (Fsp3) is 0.955. The third-order valence-electron chi connectivity index (χ3n) is 9.06. The van der Waals surface area contributed by atoms with Crippen LogP contribution in [0.4, 0.5) is 0 Å². The monoisotopic (exact) mass is 329 g/mol. The van der Waals surface area contributed by atoms with Crippen LogP contribution in [0.3, 0.4) is 0 Å². The largest absolute Gasteiger partial charge is 0.392 e. The van der Waals surface area contributed by atoms with Gasteiger partial charge in [-0.15, -0.1) is 0 Å². The minimum Gasteiger partial charge on any atom is -0.392 e. The third kappa shape index (κ3) is 2.30. The van der Waals surface area contributed by atoms with Crippen molar-refractivity contribution < 1.29 is 5.11 Å². The highest BCUT2D eigenvalue weighted by molar-refractivity contribution is 5.10. The highest BCUT2D eigenvalue weighted by Crippen LogP contribution is 2.64. The van der Waals surface area contributed by atoms with Gasteiger partial charge in [-0.2, -0.15) is 5.26 Å². The molecule has 1 N–H and O–H groups in total. The van der Waals surface area contributed by atoms with Gasteiger partial charge >= 0.3 is 0 Å². The van der Waals surface area contributed by atoms with Crippen LogP contribution in [0.25, 0.3) is 0 Å². The number of nitrogens with zero attached hydrogens (tertiary/aromatic N) is 1. The summed E-state index contributed by atoms with van der Waals surface area (Å²) in [5.74, 6) is 5.29. The van der Waals surface area contributed by atoms with Crippen molar-refractivity contribution in [2.24, 2.45) is 52.8 Å². The quantitative estimate of drug-likeness (QED) is 0.734. The number of nitriles is 1. The number of aliphatic hydroxyl groups excluding tert-OH is 1. The van der Waals surface area contributed by atoms with Crippen LogP contribution in [-0.4, -0.2) is 11.2 Å². The molecule has 0 aromatic rings. The van der Waals surface area contributed by atoms with Gasteiger partial charge in [-0.05, 0) is 91.8 Å². The van der Waals surface area contributed by atoms with Crippen molar-refractivity contribution >= 4 is 0 Å². The van der Waals surface area contributed by atoms with Gasteiger partial charge in [0.25, 0.3) is 0 Å². The Hall–Kier alpha value is -0.550. The van der Waals surface area contributed by atoms with Crippen molar-refractivity contribution in [2.75, 3.05) is 0 Å². The molecular formula is C22H35NO. The van der Waals surface area contributed by atoms with Crippen LogP contribution in [0.15, 0.2) is 0 Å². The molecule has 4 aliphatic carbocycles. The van der Waals surface area contributed by atoms with E-state index in [4.69, 9.17) is 0 Å². The van der Waals surface area contributed by atoms with Crippen LogP contribution in [0.2, 0.25) is 0 Å². The van der Waals surface area contributed by atoms with Gasteiger partial charge in [-0.25, -0.2) is 0 Å². The lowest BCUT2D eigenvalue weighted by molar-refractivity contribution is -0.0901. The number of fused-ring (bicyclic) bond motifs is 5. The predicted octanol–water partition coefficient (Wildman–Crippen LogP) is 5.02. The van der Waals surface area contributed by atoms with Crippen molar-refractivity contribution in [3.05, 3.63) is 0 Å². The van der Waals surface area contributed by atoms with Crippen LogP contribution in [0, 0.1) is 64.1 Å². The standard InChI is InChI=1S/C22H35NO/c1-13(2)19-11-20-18-8-7-15-14(12-23)5-4-6-16(15)17(18)9-10-22(20,3)21(19)24/h13-21,24H,4-11H2,1-3H3/t14?,15?,16?,17?,18?,19-,20?,21+,22+/m1/s1. The molecule has 4 aliphatic rings. The van der Waals surface area contributed by atoms with E-state index in [1.165, 1.54) is 44.9 Å². The first-order valence-corrected chi connectivity index (χ1v) is 10.5. The van der Waals surface area contributed by atoms with Crippen molar-refractivity contribution in [2.45, 2.75) is 78.2 Å². The molecule has 4 saturated carbocycles. The second-order valence-corrected chi connectivity index (χ2v) is 10.1. The molecule has 9 atom stereocenters. The lowest BCUT2D eigenvalue weighted by atomic mass is 9.49. The maximum Gasteiger partial charge on any atom is 0.0658 e. The van der Waals surface area contributed by atoms with Gasteiger partial charge in [0, 0.05) is 5.92 Å². The molecule has 2 nitrogen and oxygen atoms in total. The van der Waals surface area contributed by atoms with Crippen molar-refractivity contribution in [3.63, 3.8) is 0 Å². The van der Waals surface area contributed by atoms with Gasteiger partial charge in [0.15, 0.2) is 0 Å². The molecule has 24 heavy (non-hydrogen) atoms. The zero-order valence-corrected chi connectivity index (χ0v) is 15.7. The number of hydrogen-bond acceptors (Lipinski definition) is 2. The van der Waals surface area contributed by atoms with E-state index in [0.29, 0.717) is 23.7 Å². The van der Waals surface area contributed by atoms with Gasteiger partial charge < -0.3 is 5.11 Å². The third-order valence-corrected chi connectivity index (χ3v) is 9.06. The van der Waals surface area contributed by atoms with E-state index in [1.54, 1.807) is 0 Å². The normalized spacial score (nSPS) is 53.8. The van der Waals surface area contributed by atoms with Gasteiger partial charge in [-0.3, -0.25) is 0 Å². The summed E-state index contributed by atoms with van der Waals surface area (Å²) < 4.78 is 0. The van der Waals surface area contributed by atoms with Crippen LogP contribution in [0.1, 0.15) is 72.1 Å². The molecule has 0 aliphatic heterocycles. The Morgan fingerprint density at radius 2 is 1.71 bits per heavy atom. The van der Waals surface area contributed by atoms with Crippen molar-refractivity contribution in [1.82, 2.24) is 0 Å². The minimum atomic E-state index is -0.0978. The molecule has 2 heteroatoms. The average Bonchev–Trinajstić information content (AvgIpc) is 2.86. The van der Waals surface area contributed by atoms with Crippen LogP contribution in [-0.2, 0) is 0 Å². The minimum absolute atomic E-state index is 0.0978. The fourth-order valence-corrected chi connectivity index (χ4v) is 7.76. The molecule has 0 spiro atoms. The Kier molecular flexibility index (Phi) is 4.23. The predicted molar refractivity (Wildman–Crippen MR) is 95.9 cm³/mol. The smallest absolute Gasteiger partial charge is 0.0658 e. The highest BCUT2D eigenvalue weighted by Gasteiger charge is 2.60. The molecule has 0 amide bonds. The second-order valence-electron chi connectivity index (χ2n) is 10.1. The summed E-state index contributed by atoms with van der Waals surface area (Å²) in [5, 5.41) is 20.6. The summed E-state index contributed by atoms with van der Waals surface area (Å²) in [6.45, 7) is 6.98. The molecule has 4 fully saturated rings. The van der Waals surface area contributed by atoms with Gasteiger partial charge in [0.1, 0.15) is 0 Å². The molecule has 0 saturated heterocycles. The Bertz CT molecular complexity index is 523. The Balaban J connectivity index is 1.59. The van der Waals surface area contributed by atoms with Crippen LogP contribution < -0.4 is 0 Å². The zero-order valence-electron chi connectivity index (χ0n) is 15.7. The summed E-state index contributed by atoms with van der Waals surface area (Å²) in [5.41, 5.74) is 0.159. The Morgan fingerprint density at radius 3 is 2.42 bits per heavy atom. The molecule has 0 heterocycles. The highest BCUT2D eigenvalue weighted by atomic mass is 16.3. The topological polar surface area (TPSA) is 44.0 Å². The molecule has 134 valence electrons. The Labute approximate surface area is 148 Å². The Morgan fingerprint density at radius 1 is 1.00 bits per heavy atom. The van der Waals surface area contributed by atoms with Gasteiger partial charge in [0.2, 0.25) is 0 Å². The lowest BCUT2D eigenvalue weighted by Gasteiger charge is -2.55. The molecular weight excluding hydrogens is 294 g/mol. The van der Waals surface area contributed by atoms with E-state index in [2.05, 4.69) is 26.8 Å². The summed E-state index contributed by atoms with van der Waals surface area (Å²) in [6, 6.07) is 2.64. The second kappa shape index (κ2) is 6.01. The van der Waals surface area contributed by atoms with E-state index in [0.717, 1.165) is 30.1 Å². The van der Waals surface area contributed by atoms with Crippen molar-refractivity contribution in [1.29, 1.82) is 5.26 Å². The number of rotatable bonds is 1.